The van der Waals surface area contributed by atoms with Crippen LogP contribution >= 0.6 is 0 Å². The van der Waals surface area contributed by atoms with Crippen molar-refractivity contribution >= 4 is 23.5 Å². The first-order chi connectivity index (χ1) is 12.3. The predicted molar refractivity (Wildman–Crippen MR) is 84.7 cm³/mol. The molecule has 2 amide bonds. The number of carbonyl (C=O) groups is 3. The number of hydrogen-bond acceptors (Lipinski definition) is 4. The van der Waals surface area contributed by atoms with Crippen molar-refractivity contribution in [1.29, 1.82) is 0 Å². The van der Waals surface area contributed by atoms with Crippen molar-refractivity contribution in [3.63, 3.8) is 0 Å². The summed E-state index contributed by atoms with van der Waals surface area (Å²) in [7, 11) is 0. The Labute approximate surface area is 146 Å². The first-order valence-corrected chi connectivity index (χ1v) is 7.29. The van der Waals surface area contributed by atoms with Gasteiger partial charge in [-0.1, -0.05) is 0 Å². The molecule has 0 saturated heterocycles. The van der Waals surface area contributed by atoms with Gasteiger partial charge < -0.3 is 15.4 Å². The van der Waals surface area contributed by atoms with Gasteiger partial charge in [-0.2, -0.15) is 0 Å². The SMILES string of the molecule is O=C(COC(=O)c1ccc(F)cc1F)NCC(=O)Nc1ccc(F)cc1. The van der Waals surface area contributed by atoms with Crippen LogP contribution in [0.3, 0.4) is 0 Å². The Morgan fingerprint density at radius 1 is 0.885 bits per heavy atom. The first kappa shape index (κ1) is 19.0. The molecule has 0 radical (unpaired) electrons. The van der Waals surface area contributed by atoms with E-state index in [2.05, 4.69) is 15.4 Å². The van der Waals surface area contributed by atoms with Gasteiger partial charge in [0.2, 0.25) is 5.91 Å². The van der Waals surface area contributed by atoms with Crippen molar-refractivity contribution in [3.05, 3.63) is 65.5 Å². The largest absolute Gasteiger partial charge is 0.452 e. The molecule has 0 unspecified atom stereocenters. The third-order valence-electron chi connectivity index (χ3n) is 3.06. The molecule has 0 aliphatic rings. The second-order valence-electron chi connectivity index (χ2n) is 5.03. The molecule has 0 spiro atoms. The molecule has 9 heteroatoms. The van der Waals surface area contributed by atoms with E-state index < -0.39 is 54.0 Å². The van der Waals surface area contributed by atoms with Gasteiger partial charge in [-0.05, 0) is 36.4 Å². The fourth-order valence-electron chi connectivity index (χ4n) is 1.83. The van der Waals surface area contributed by atoms with Gasteiger partial charge in [-0.15, -0.1) is 0 Å². The summed E-state index contributed by atoms with van der Waals surface area (Å²) in [5.74, 6) is -4.96. The van der Waals surface area contributed by atoms with Crippen LogP contribution in [0, 0.1) is 17.5 Å². The van der Waals surface area contributed by atoms with Crippen LogP contribution in [0.2, 0.25) is 0 Å². The molecule has 2 aromatic rings. The molecule has 2 rings (SSSR count). The molecule has 0 atom stereocenters. The molecule has 0 aromatic heterocycles. The maximum absolute atomic E-state index is 13.4. The molecule has 26 heavy (non-hydrogen) atoms. The highest BCUT2D eigenvalue weighted by Gasteiger charge is 2.15. The second-order valence-corrected chi connectivity index (χ2v) is 5.03. The zero-order valence-electron chi connectivity index (χ0n) is 13.2. The molecule has 2 N–H and O–H groups in total. The number of benzene rings is 2. The van der Waals surface area contributed by atoms with Gasteiger partial charge in [0.15, 0.2) is 6.61 Å². The molecule has 0 saturated carbocycles. The highest BCUT2D eigenvalue weighted by atomic mass is 19.1. The van der Waals surface area contributed by atoms with Gasteiger partial charge in [0.25, 0.3) is 5.91 Å². The molecule has 0 aliphatic carbocycles. The number of esters is 1. The van der Waals surface area contributed by atoms with E-state index in [4.69, 9.17) is 0 Å². The van der Waals surface area contributed by atoms with Crippen LogP contribution in [0.5, 0.6) is 0 Å². The Morgan fingerprint density at radius 3 is 2.19 bits per heavy atom. The number of nitrogens with one attached hydrogen (secondary N) is 2. The lowest BCUT2D eigenvalue weighted by Crippen LogP contribution is -2.35. The van der Waals surface area contributed by atoms with E-state index in [1.807, 2.05) is 0 Å². The zero-order chi connectivity index (χ0) is 19.1. The molecular weight excluding hydrogens is 353 g/mol. The lowest BCUT2D eigenvalue weighted by Gasteiger charge is -2.08. The molecule has 2 aromatic carbocycles. The zero-order valence-corrected chi connectivity index (χ0v) is 13.2. The minimum absolute atomic E-state index is 0.337. The van der Waals surface area contributed by atoms with Crippen molar-refractivity contribution in [3.8, 4) is 0 Å². The average Bonchev–Trinajstić information content (AvgIpc) is 2.60. The Bertz CT molecular complexity index is 825. The smallest absolute Gasteiger partial charge is 0.341 e. The van der Waals surface area contributed by atoms with Crippen LogP contribution in [0.15, 0.2) is 42.5 Å². The Hall–Kier alpha value is -3.36. The maximum atomic E-state index is 13.4. The summed E-state index contributed by atoms with van der Waals surface area (Å²) in [6, 6.07) is 7.27. The summed E-state index contributed by atoms with van der Waals surface area (Å²) < 4.78 is 43.5. The van der Waals surface area contributed by atoms with Gasteiger partial charge >= 0.3 is 5.97 Å². The Balaban J connectivity index is 1.75. The molecule has 0 fully saturated rings. The third-order valence-corrected chi connectivity index (χ3v) is 3.06. The van der Waals surface area contributed by atoms with E-state index in [1.54, 1.807) is 0 Å². The van der Waals surface area contributed by atoms with Crippen molar-refractivity contribution in [2.45, 2.75) is 0 Å². The van der Waals surface area contributed by atoms with Crippen LogP contribution in [-0.2, 0) is 14.3 Å². The van der Waals surface area contributed by atoms with E-state index in [-0.39, 0.29) is 0 Å². The van der Waals surface area contributed by atoms with Crippen molar-refractivity contribution in [2.24, 2.45) is 0 Å². The van der Waals surface area contributed by atoms with Crippen LogP contribution in [0.25, 0.3) is 0 Å². The third kappa shape index (κ3) is 5.62. The monoisotopic (exact) mass is 366 g/mol. The van der Waals surface area contributed by atoms with Gasteiger partial charge in [0, 0.05) is 11.8 Å². The number of anilines is 1. The molecule has 0 heterocycles. The van der Waals surface area contributed by atoms with Crippen LogP contribution in [0.1, 0.15) is 10.4 Å². The fraction of sp³-hybridized carbons (Fsp3) is 0.118. The maximum Gasteiger partial charge on any atom is 0.341 e. The van der Waals surface area contributed by atoms with Crippen LogP contribution in [-0.4, -0.2) is 30.9 Å². The summed E-state index contributed by atoms with van der Waals surface area (Å²) in [6.07, 6.45) is 0. The summed E-state index contributed by atoms with van der Waals surface area (Å²) in [5.41, 5.74) is -0.183. The minimum atomic E-state index is -1.14. The number of halogens is 3. The standard InChI is InChI=1S/C17H13F3N2O4/c18-10-1-4-12(5-2-10)22-15(23)8-21-16(24)9-26-17(25)13-6-3-11(19)7-14(13)20/h1-7H,8-9H2,(H,21,24)(H,22,23). The Kier molecular flexibility index (Phi) is 6.31. The number of hydrogen-bond donors (Lipinski definition) is 2. The lowest BCUT2D eigenvalue weighted by molar-refractivity contribution is -0.126. The van der Waals surface area contributed by atoms with E-state index in [0.29, 0.717) is 11.8 Å². The quantitative estimate of drug-likeness (QED) is 0.766. The van der Waals surface area contributed by atoms with E-state index in [0.717, 1.165) is 24.3 Å². The second kappa shape index (κ2) is 8.65. The Morgan fingerprint density at radius 2 is 1.54 bits per heavy atom. The van der Waals surface area contributed by atoms with Gasteiger partial charge in [-0.25, -0.2) is 18.0 Å². The predicted octanol–water partition coefficient (Wildman–Crippen LogP) is 2.02. The minimum Gasteiger partial charge on any atom is -0.452 e. The van der Waals surface area contributed by atoms with Crippen LogP contribution in [0.4, 0.5) is 18.9 Å². The highest BCUT2D eigenvalue weighted by Crippen LogP contribution is 2.11. The van der Waals surface area contributed by atoms with Crippen molar-refractivity contribution in [2.75, 3.05) is 18.5 Å². The van der Waals surface area contributed by atoms with E-state index in [1.165, 1.54) is 12.1 Å². The highest BCUT2D eigenvalue weighted by molar-refractivity contribution is 5.95. The number of ether oxygens (including phenoxy) is 1. The molecular formula is C17H13F3N2O4. The van der Waals surface area contributed by atoms with Gasteiger partial charge in [0.1, 0.15) is 17.5 Å². The van der Waals surface area contributed by atoms with Gasteiger partial charge in [-0.3, -0.25) is 9.59 Å². The molecule has 0 aliphatic heterocycles. The summed E-state index contributed by atoms with van der Waals surface area (Å²) >= 11 is 0. The summed E-state index contributed by atoms with van der Waals surface area (Å²) in [6.45, 7) is -1.17. The normalized spacial score (nSPS) is 10.1. The lowest BCUT2D eigenvalue weighted by atomic mass is 10.2. The first-order valence-electron chi connectivity index (χ1n) is 7.29. The van der Waals surface area contributed by atoms with E-state index in [9.17, 15) is 27.6 Å². The van der Waals surface area contributed by atoms with Crippen molar-refractivity contribution in [1.82, 2.24) is 5.32 Å². The van der Waals surface area contributed by atoms with Gasteiger partial charge in [0.05, 0.1) is 12.1 Å². The summed E-state index contributed by atoms with van der Waals surface area (Å²) in [4.78, 5) is 34.8. The number of carbonyl (C=O) groups excluding carboxylic acids is 3. The molecule has 136 valence electrons. The summed E-state index contributed by atoms with van der Waals surface area (Å²) in [5, 5.41) is 4.60. The van der Waals surface area contributed by atoms with Crippen LogP contribution < -0.4 is 10.6 Å². The molecule has 0 bridgehead atoms. The van der Waals surface area contributed by atoms with E-state index >= 15 is 0 Å². The van der Waals surface area contributed by atoms with Crippen molar-refractivity contribution < 1.29 is 32.3 Å². The number of rotatable bonds is 6. The number of amides is 2. The molecule has 6 nitrogen and oxygen atoms in total. The fourth-order valence-corrected chi connectivity index (χ4v) is 1.83. The topological polar surface area (TPSA) is 84.5 Å². The average molecular weight is 366 g/mol.